The van der Waals surface area contributed by atoms with Crippen LogP contribution in [0.1, 0.15) is 66.0 Å². The molecule has 1 saturated carbocycles. The van der Waals surface area contributed by atoms with Gasteiger partial charge in [0.2, 0.25) is 5.91 Å². The Morgan fingerprint density at radius 2 is 1.83 bits per heavy atom. The number of benzene rings is 1. The molecule has 36 heavy (non-hydrogen) atoms. The number of nitrogens with one attached hydrogen (secondary N) is 1. The normalized spacial score (nSPS) is 24.1. The van der Waals surface area contributed by atoms with E-state index >= 15 is 0 Å². The third kappa shape index (κ3) is 6.13. The molecule has 2 heterocycles. The molecule has 2 aromatic rings. The van der Waals surface area contributed by atoms with Crippen molar-refractivity contribution in [1.29, 1.82) is 0 Å². The van der Waals surface area contributed by atoms with Crippen molar-refractivity contribution in [3.63, 3.8) is 0 Å². The van der Waals surface area contributed by atoms with Gasteiger partial charge in [0, 0.05) is 30.7 Å². The van der Waals surface area contributed by atoms with Gasteiger partial charge < -0.3 is 20.9 Å². The van der Waals surface area contributed by atoms with Crippen LogP contribution in [0.3, 0.4) is 0 Å². The Hall–Kier alpha value is -2.78. The lowest BCUT2D eigenvalue weighted by atomic mass is 9.91. The van der Waals surface area contributed by atoms with E-state index < -0.39 is 11.9 Å². The molecule has 3 N–H and O–H groups in total. The number of rotatable bonds is 7. The number of hydrogen-bond donors (Lipinski definition) is 2. The van der Waals surface area contributed by atoms with Crippen molar-refractivity contribution >= 4 is 29.1 Å². The summed E-state index contributed by atoms with van der Waals surface area (Å²) >= 11 is 1.38. The van der Waals surface area contributed by atoms with Crippen molar-refractivity contribution in [1.82, 2.24) is 15.1 Å². The summed E-state index contributed by atoms with van der Waals surface area (Å²) in [7, 11) is 0. The van der Waals surface area contributed by atoms with E-state index in [-0.39, 0.29) is 48.3 Å². The molecule has 9 heteroatoms. The first-order chi connectivity index (χ1) is 17.2. The fourth-order valence-corrected chi connectivity index (χ4v) is 5.84. The molecule has 2 fully saturated rings. The Morgan fingerprint density at radius 1 is 1.14 bits per heavy atom. The van der Waals surface area contributed by atoms with E-state index in [0.717, 1.165) is 25.7 Å². The maximum absolute atomic E-state index is 13.5. The molecule has 194 valence electrons. The number of thiophene rings is 1. The van der Waals surface area contributed by atoms with Crippen LogP contribution in [0.4, 0.5) is 4.39 Å². The van der Waals surface area contributed by atoms with Crippen LogP contribution in [0.2, 0.25) is 0 Å². The summed E-state index contributed by atoms with van der Waals surface area (Å²) in [5.41, 5.74) is 6.34. The third-order valence-electron chi connectivity index (χ3n) is 7.05. The monoisotopic (exact) mass is 514 g/mol. The lowest BCUT2D eigenvalue weighted by Crippen LogP contribution is -2.50. The van der Waals surface area contributed by atoms with Crippen LogP contribution in [0.15, 0.2) is 41.8 Å². The molecular weight excluding hydrogens is 479 g/mol. The maximum Gasteiger partial charge on any atom is 0.264 e. The van der Waals surface area contributed by atoms with Crippen LogP contribution in [-0.4, -0.2) is 64.8 Å². The number of carbonyl (C=O) groups excluding carboxylic acids is 3. The Kier molecular flexibility index (Phi) is 8.41. The van der Waals surface area contributed by atoms with E-state index in [1.165, 1.54) is 35.6 Å². The van der Waals surface area contributed by atoms with Gasteiger partial charge in [-0.15, -0.1) is 11.3 Å². The summed E-state index contributed by atoms with van der Waals surface area (Å²) in [4.78, 5) is 44.4. The van der Waals surface area contributed by atoms with Crippen LogP contribution in [0.5, 0.6) is 0 Å². The molecule has 7 nitrogen and oxygen atoms in total. The average Bonchev–Trinajstić information content (AvgIpc) is 3.54. The summed E-state index contributed by atoms with van der Waals surface area (Å²) in [6, 6.07) is 8.17. The zero-order valence-corrected chi connectivity index (χ0v) is 21.7. The maximum atomic E-state index is 13.5. The molecule has 1 aromatic carbocycles. The first kappa shape index (κ1) is 26.3. The highest BCUT2D eigenvalue weighted by atomic mass is 32.1. The zero-order chi connectivity index (χ0) is 25.8. The minimum Gasteiger partial charge on any atom is -0.352 e. The third-order valence-corrected chi connectivity index (χ3v) is 7.91. The molecule has 4 rings (SSSR count). The second kappa shape index (κ2) is 11.5. The molecule has 0 spiro atoms. The summed E-state index contributed by atoms with van der Waals surface area (Å²) in [6.45, 7) is 4.86. The van der Waals surface area contributed by atoms with Crippen molar-refractivity contribution in [2.24, 2.45) is 11.7 Å². The van der Waals surface area contributed by atoms with E-state index in [1.54, 1.807) is 11.0 Å². The van der Waals surface area contributed by atoms with Crippen LogP contribution in [-0.2, 0) is 4.79 Å². The number of likely N-dealkylation sites (tertiary alicyclic amines) is 1. The van der Waals surface area contributed by atoms with Crippen LogP contribution in [0, 0.1) is 11.7 Å². The van der Waals surface area contributed by atoms with Crippen molar-refractivity contribution in [3.8, 4) is 0 Å². The van der Waals surface area contributed by atoms with Gasteiger partial charge in [0.25, 0.3) is 11.8 Å². The molecule has 1 aliphatic carbocycles. The first-order valence-corrected chi connectivity index (χ1v) is 13.6. The van der Waals surface area contributed by atoms with Gasteiger partial charge in [-0.1, -0.05) is 19.9 Å². The predicted octanol–water partition coefficient (Wildman–Crippen LogP) is 3.65. The smallest absolute Gasteiger partial charge is 0.264 e. The van der Waals surface area contributed by atoms with E-state index in [0.29, 0.717) is 23.4 Å². The lowest BCUT2D eigenvalue weighted by Gasteiger charge is -2.30. The van der Waals surface area contributed by atoms with E-state index in [1.807, 2.05) is 30.2 Å². The Balaban J connectivity index is 1.58. The summed E-state index contributed by atoms with van der Waals surface area (Å²) < 4.78 is 13.5. The van der Waals surface area contributed by atoms with Gasteiger partial charge in [-0.3, -0.25) is 14.4 Å². The van der Waals surface area contributed by atoms with Gasteiger partial charge >= 0.3 is 0 Å². The van der Waals surface area contributed by atoms with Gasteiger partial charge in [-0.2, -0.15) is 0 Å². The Morgan fingerprint density at radius 3 is 2.44 bits per heavy atom. The minimum absolute atomic E-state index is 0.0265. The van der Waals surface area contributed by atoms with Crippen molar-refractivity contribution in [3.05, 3.63) is 58.0 Å². The van der Waals surface area contributed by atoms with E-state index in [2.05, 4.69) is 5.32 Å². The molecular formula is C27H35FN4O3S. The number of carbonyl (C=O) groups is 3. The van der Waals surface area contributed by atoms with Gasteiger partial charge in [-0.05, 0) is 73.7 Å². The molecule has 1 aromatic heterocycles. The highest BCUT2D eigenvalue weighted by Crippen LogP contribution is 2.28. The molecule has 0 bridgehead atoms. The number of amides is 3. The quantitative estimate of drug-likeness (QED) is 0.590. The number of nitrogens with zero attached hydrogens (tertiary/aromatic N) is 2. The number of hydrogen-bond acceptors (Lipinski definition) is 5. The SMILES string of the molecule is CC(C)CN(C(=O)c1cccs1)C1CC(C(=O)NC2CCC(N)CC2)N(C(=O)c2ccc(F)cc2)C1. The van der Waals surface area contributed by atoms with Crippen LogP contribution in [0.25, 0.3) is 0 Å². The minimum atomic E-state index is -0.714. The molecule has 3 amide bonds. The predicted molar refractivity (Wildman–Crippen MR) is 138 cm³/mol. The second-order valence-corrected chi connectivity index (χ2v) is 11.3. The fraction of sp³-hybridized carbons (Fsp3) is 0.519. The van der Waals surface area contributed by atoms with Crippen LogP contribution < -0.4 is 11.1 Å². The summed E-state index contributed by atoms with van der Waals surface area (Å²) in [5.74, 6) is -0.840. The van der Waals surface area contributed by atoms with E-state index in [9.17, 15) is 18.8 Å². The van der Waals surface area contributed by atoms with Crippen LogP contribution >= 0.6 is 11.3 Å². The Labute approximate surface area is 215 Å². The largest absolute Gasteiger partial charge is 0.352 e. The molecule has 2 atom stereocenters. The van der Waals surface area contributed by atoms with Gasteiger partial charge in [-0.25, -0.2) is 4.39 Å². The average molecular weight is 515 g/mol. The zero-order valence-electron chi connectivity index (χ0n) is 20.9. The molecule has 0 radical (unpaired) electrons. The topological polar surface area (TPSA) is 95.7 Å². The molecule has 2 aliphatic rings. The van der Waals surface area contributed by atoms with Crippen molar-refractivity contribution in [2.75, 3.05) is 13.1 Å². The highest BCUT2D eigenvalue weighted by molar-refractivity contribution is 7.12. The molecule has 2 unspecified atom stereocenters. The van der Waals surface area contributed by atoms with Crippen molar-refractivity contribution < 1.29 is 18.8 Å². The lowest BCUT2D eigenvalue weighted by molar-refractivity contribution is -0.125. The molecule has 1 aliphatic heterocycles. The van der Waals surface area contributed by atoms with Crippen molar-refractivity contribution in [2.45, 2.75) is 70.1 Å². The highest BCUT2D eigenvalue weighted by Gasteiger charge is 2.44. The summed E-state index contributed by atoms with van der Waals surface area (Å²) in [6.07, 6.45) is 3.69. The first-order valence-electron chi connectivity index (χ1n) is 12.7. The van der Waals surface area contributed by atoms with Gasteiger partial charge in [0.05, 0.1) is 10.9 Å². The summed E-state index contributed by atoms with van der Waals surface area (Å²) in [5, 5.41) is 5.00. The Bertz CT molecular complexity index is 1050. The fourth-order valence-electron chi connectivity index (χ4n) is 5.16. The van der Waals surface area contributed by atoms with E-state index in [4.69, 9.17) is 5.73 Å². The standard InChI is InChI=1S/C27H35FN4O3S/c1-17(2)15-31(27(35)24-4-3-13-36-24)22-14-23(25(33)30-21-11-9-20(29)10-12-21)32(16-22)26(34)18-5-7-19(28)8-6-18/h3-8,13,17,20-23H,9-12,14-16,29H2,1-2H3,(H,30,33). The molecule has 1 saturated heterocycles. The number of nitrogens with two attached hydrogens (primary N) is 1. The van der Waals surface area contributed by atoms with Gasteiger partial charge in [0.1, 0.15) is 11.9 Å². The van der Waals surface area contributed by atoms with Gasteiger partial charge in [0.15, 0.2) is 0 Å². The number of halogens is 1. The second-order valence-electron chi connectivity index (χ2n) is 10.3.